The predicted molar refractivity (Wildman–Crippen MR) is 100 cm³/mol. The third-order valence-electron chi connectivity index (χ3n) is 3.51. The summed E-state index contributed by atoms with van der Waals surface area (Å²) in [5.41, 5.74) is 0.664. The van der Waals surface area contributed by atoms with Crippen molar-refractivity contribution in [2.45, 2.75) is 0 Å². The van der Waals surface area contributed by atoms with Gasteiger partial charge in [0.1, 0.15) is 5.75 Å². The van der Waals surface area contributed by atoms with Crippen molar-refractivity contribution in [3.05, 3.63) is 76.3 Å². The predicted octanol–water partition coefficient (Wildman–Crippen LogP) is 3.54. The van der Waals surface area contributed by atoms with E-state index < -0.39 is 11.6 Å². The molecule has 0 unspecified atom stereocenters. The highest BCUT2D eigenvalue weighted by atomic mass is 35.5. The van der Waals surface area contributed by atoms with Gasteiger partial charge in [0.05, 0.1) is 7.11 Å². The molecule has 3 aromatic rings. The Labute approximate surface area is 154 Å². The highest BCUT2D eigenvalue weighted by Gasteiger charge is 2.10. The summed E-state index contributed by atoms with van der Waals surface area (Å²) in [6.45, 7) is 0. The van der Waals surface area contributed by atoms with Gasteiger partial charge in [-0.3, -0.25) is 14.7 Å². The van der Waals surface area contributed by atoms with Crippen LogP contribution in [0.4, 0.5) is 16.3 Å². The highest BCUT2D eigenvalue weighted by molar-refractivity contribution is 6.30. The summed E-state index contributed by atoms with van der Waals surface area (Å²) < 4.78 is 6.48. The van der Waals surface area contributed by atoms with Gasteiger partial charge in [0.2, 0.25) is 5.82 Å². The average molecular weight is 371 g/mol. The molecule has 0 atom stereocenters. The number of aromatic nitrogens is 2. The third kappa shape index (κ3) is 4.01. The molecular weight excluding hydrogens is 356 g/mol. The van der Waals surface area contributed by atoms with Crippen LogP contribution >= 0.6 is 11.6 Å². The van der Waals surface area contributed by atoms with E-state index in [0.29, 0.717) is 22.1 Å². The van der Waals surface area contributed by atoms with E-state index in [1.54, 1.807) is 55.6 Å². The van der Waals surface area contributed by atoms with Crippen LogP contribution < -0.4 is 20.9 Å². The number of methoxy groups -OCH3 is 1. The van der Waals surface area contributed by atoms with Crippen LogP contribution in [-0.2, 0) is 0 Å². The Morgan fingerprint density at radius 3 is 2.62 bits per heavy atom. The molecular formula is C18H15ClN4O3. The van der Waals surface area contributed by atoms with Crippen LogP contribution in [0.5, 0.6) is 5.75 Å². The first-order valence-corrected chi connectivity index (χ1v) is 8.00. The fourth-order valence-electron chi connectivity index (χ4n) is 2.28. The molecule has 8 heteroatoms. The first-order chi connectivity index (χ1) is 12.6. The van der Waals surface area contributed by atoms with Crippen molar-refractivity contribution < 1.29 is 9.53 Å². The second-order valence-corrected chi connectivity index (χ2v) is 5.67. The molecule has 0 aliphatic carbocycles. The fourth-order valence-corrected chi connectivity index (χ4v) is 2.47. The van der Waals surface area contributed by atoms with Crippen molar-refractivity contribution >= 4 is 29.1 Å². The number of ether oxygens (including phenoxy) is 1. The van der Waals surface area contributed by atoms with Crippen molar-refractivity contribution in [3.8, 4) is 11.4 Å². The zero-order valence-electron chi connectivity index (χ0n) is 13.8. The van der Waals surface area contributed by atoms with Gasteiger partial charge in [-0.25, -0.2) is 9.78 Å². The molecule has 0 fully saturated rings. The van der Waals surface area contributed by atoms with E-state index in [1.165, 1.54) is 17.0 Å². The smallest absolute Gasteiger partial charge is 0.325 e. The van der Waals surface area contributed by atoms with Crippen LogP contribution in [0.2, 0.25) is 5.02 Å². The van der Waals surface area contributed by atoms with Gasteiger partial charge >= 0.3 is 6.03 Å². The largest absolute Gasteiger partial charge is 0.497 e. The molecule has 132 valence electrons. The SMILES string of the molecule is COc1ccc(-n2ccnc(NC(=O)Nc3cccc(Cl)c3)c2=O)cc1. The van der Waals surface area contributed by atoms with Gasteiger partial charge in [0.25, 0.3) is 5.56 Å². The number of hydrogen-bond donors (Lipinski definition) is 2. The Kier molecular flexibility index (Phi) is 5.19. The van der Waals surface area contributed by atoms with Crippen molar-refractivity contribution in [3.63, 3.8) is 0 Å². The normalized spacial score (nSPS) is 10.2. The summed E-state index contributed by atoms with van der Waals surface area (Å²) in [4.78, 5) is 28.6. The van der Waals surface area contributed by atoms with Crippen LogP contribution in [0.1, 0.15) is 0 Å². The Balaban J connectivity index is 1.80. The Hall–Kier alpha value is -3.32. The first kappa shape index (κ1) is 17.5. The standard InChI is InChI=1S/C18H15ClN4O3/c1-26-15-7-5-14(6-8-15)23-10-9-20-16(17(23)24)22-18(25)21-13-4-2-3-12(19)11-13/h2-11H,1H3,(H2,20,21,22,25). The molecule has 1 heterocycles. The summed E-state index contributed by atoms with van der Waals surface area (Å²) in [5, 5.41) is 5.53. The number of carbonyl (C=O) groups is 1. The molecule has 2 amide bonds. The lowest BCUT2D eigenvalue weighted by Crippen LogP contribution is -2.28. The summed E-state index contributed by atoms with van der Waals surface area (Å²) in [7, 11) is 1.56. The zero-order chi connectivity index (χ0) is 18.5. The van der Waals surface area contributed by atoms with E-state index in [2.05, 4.69) is 15.6 Å². The Morgan fingerprint density at radius 2 is 1.92 bits per heavy atom. The number of nitrogens with one attached hydrogen (secondary N) is 2. The maximum Gasteiger partial charge on any atom is 0.325 e. The lowest BCUT2D eigenvalue weighted by Gasteiger charge is -2.10. The van der Waals surface area contributed by atoms with E-state index in [9.17, 15) is 9.59 Å². The third-order valence-corrected chi connectivity index (χ3v) is 3.74. The highest BCUT2D eigenvalue weighted by Crippen LogP contribution is 2.15. The molecule has 26 heavy (non-hydrogen) atoms. The second kappa shape index (κ2) is 7.71. The van der Waals surface area contributed by atoms with Crippen LogP contribution in [0.3, 0.4) is 0 Å². The number of benzene rings is 2. The Morgan fingerprint density at radius 1 is 1.15 bits per heavy atom. The number of urea groups is 1. The number of amides is 2. The fraction of sp³-hybridized carbons (Fsp3) is 0.0556. The topological polar surface area (TPSA) is 85.2 Å². The van der Waals surface area contributed by atoms with Gasteiger partial charge in [-0.05, 0) is 42.5 Å². The van der Waals surface area contributed by atoms with Crippen LogP contribution in [0.15, 0.2) is 65.7 Å². The van der Waals surface area contributed by atoms with Crippen LogP contribution in [0.25, 0.3) is 5.69 Å². The Bertz CT molecular complexity index is 986. The van der Waals surface area contributed by atoms with Gasteiger partial charge in [-0.1, -0.05) is 17.7 Å². The average Bonchev–Trinajstić information content (AvgIpc) is 2.63. The van der Waals surface area contributed by atoms with Crippen molar-refractivity contribution in [1.29, 1.82) is 0 Å². The molecule has 2 aromatic carbocycles. The first-order valence-electron chi connectivity index (χ1n) is 7.62. The lowest BCUT2D eigenvalue weighted by molar-refractivity contribution is 0.262. The molecule has 7 nitrogen and oxygen atoms in total. The molecule has 1 aromatic heterocycles. The molecule has 2 N–H and O–H groups in total. The maximum absolute atomic E-state index is 12.6. The second-order valence-electron chi connectivity index (χ2n) is 5.24. The molecule has 0 saturated heterocycles. The summed E-state index contributed by atoms with van der Waals surface area (Å²) in [6.07, 6.45) is 2.95. The number of anilines is 2. The van der Waals surface area contributed by atoms with Gasteiger partial charge in [0.15, 0.2) is 0 Å². The number of carbonyl (C=O) groups excluding carboxylic acids is 1. The molecule has 0 radical (unpaired) electrons. The van der Waals surface area contributed by atoms with E-state index in [4.69, 9.17) is 16.3 Å². The van der Waals surface area contributed by atoms with Crippen molar-refractivity contribution in [2.75, 3.05) is 17.7 Å². The maximum atomic E-state index is 12.6. The molecule has 3 rings (SSSR count). The quantitative estimate of drug-likeness (QED) is 0.735. The molecule has 0 bridgehead atoms. The number of halogens is 1. The lowest BCUT2D eigenvalue weighted by atomic mass is 10.3. The minimum Gasteiger partial charge on any atom is -0.497 e. The van der Waals surface area contributed by atoms with Gasteiger partial charge in [-0.2, -0.15) is 0 Å². The van der Waals surface area contributed by atoms with E-state index >= 15 is 0 Å². The summed E-state index contributed by atoms with van der Waals surface area (Å²) >= 11 is 5.88. The number of nitrogens with zero attached hydrogens (tertiary/aromatic N) is 2. The molecule has 0 aliphatic heterocycles. The summed E-state index contributed by atoms with van der Waals surface area (Å²) in [6, 6.07) is 13.0. The van der Waals surface area contributed by atoms with Gasteiger partial charge in [0, 0.05) is 28.8 Å². The van der Waals surface area contributed by atoms with E-state index in [0.717, 1.165) is 0 Å². The number of hydrogen-bond acceptors (Lipinski definition) is 4. The number of rotatable bonds is 4. The van der Waals surface area contributed by atoms with Crippen LogP contribution in [0, 0.1) is 0 Å². The zero-order valence-corrected chi connectivity index (χ0v) is 14.5. The van der Waals surface area contributed by atoms with Gasteiger partial charge < -0.3 is 10.1 Å². The van der Waals surface area contributed by atoms with Gasteiger partial charge in [-0.15, -0.1) is 0 Å². The molecule has 0 saturated carbocycles. The van der Waals surface area contributed by atoms with E-state index in [-0.39, 0.29) is 5.82 Å². The summed E-state index contributed by atoms with van der Waals surface area (Å²) in [5.74, 6) is 0.581. The van der Waals surface area contributed by atoms with Crippen molar-refractivity contribution in [2.24, 2.45) is 0 Å². The monoisotopic (exact) mass is 370 g/mol. The minimum absolute atomic E-state index is 0.0946. The van der Waals surface area contributed by atoms with Crippen LogP contribution in [-0.4, -0.2) is 22.7 Å². The molecule has 0 aliphatic rings. The molecule has 0 spiro atoms. The van der Waals surface area contributed by atoms with E-state index in [1.807, 2.05) is 0 Å². The van der Waals surface area contributed by atoms with Crippen molar-refractivity contribution in [1.82, 2.24) is 9.55 Å². The minimum atomic E-state index is -0.593.